The summed E-state index contributed by atoms with van der Waals surface area (Å²) in [5.41, 5.74) is 1.05. The van der Waals surface area contributed by atoms with E-state index >= 15 is 0 Å². The highest BCUT2D eigenvalue weighted by atomic mass is 16.5. The van der Waals surface area contributed by atoms with Crippen molar-refractivity contribution in [2.45, 2.75) is 39.7 Å². The molecule has 0 radical (unpaired) electrons. The van der Waals surface area contributed by atoms with E-state index in [1.165, 1.54) is 6.26 Å². The van der Waals surface area contributed by atoms with Crippen LogP contribution in [0.1, 0.15) is 33.3 Å². The molecule has 0 aliphatic carbocycles. The quantitative estimate of drug-likeness (QED) is 0.813. The first-order chi connectivity index (χ1) is 8.40. The minimum absolute atomic E-state index is 0.0426. The van der Waals surface area contributed by atoms with Crippen LogP contribution in [-0.4, -0.2) is 5.60 Å². The Balaban J connectivity index is 2.51. The lowest BCUT2D eigenvalue weighted by atomic mass is 10.1. The molecule has 1 heterocycles. The lowest BCUT2D eigenvalue weighted by Crippen LogP contribution is -2.22. The lowest BCUT2D eigenvalue weighted by molar-refractivity contribution is 0.131. The Kier molecular flexibility index (Phi) is 3.16. The van der Waals surface area contributed by atoms with Crippen LogP contribution in [0.15, 0.2) is 33.7 Å². The van der Waals surface area contributed by atoms with Gasteiger partial charge in [-0.15, -0.1) is 0 Å². The lowest BCUT2D eigenvalue weighted by Gasteiger charge is -2.21. The van der Waals surface area contributed by atoms with Crippen molar-refractivity contribution in [1.82, 2.24) is 0 Å². The Morgan fingerprint density at radius 3 is 2.61 bits per heavy atom. The molecule has 0 saturated carbocycles. The Bertz CT molecular complexity index is 618. The van der Waals surface area contributed by atoms with Crippen LogP contribution in [0.4, 0.5) is 0 Å². The third-order valence-corrected chi connectivity index (χ3v) is 2.62. The predicted octanol–water partition coefficient (Wildman–Crippen LogP) is 3.53. The zero-order chi connectivity index (χ0) is 13.3. The highest BCUT2D eigenvalue weighted by molar-refractivity contribution is 5.78. The van der Waals surface area contributed by atoms with Crippen molar-refractivity contribution in [3.8, 4) is 5.75 Å². The van der Waals surface area contributed by atoms with Crippen molar-refractivity contribution in [1.29, 1.82) is 0 Å². The molecule has 1 aromatic heterocycles. The van der Waals surface area contributed by atoms with Gasteiger partial charge in [0, 0.05) is 11.6 Å². The Morgan fingerprint density at radius 1 is 1.28 bits per heavy atom. The Morgan fingerprint density at radius 2 is 2.00 bits per heavy atom. The number of hydrogen-bond acceptors (Lipinski definition) is 3. The molecule has 0 N–H and O–H groups in total. The Labute approximate surface area is 106 Å². The fourth-order valence-electron chi connectivity index (χ4n) is 1.81. The molecule has 0 aliphatic heterocycles. The van der Waals surface area contributed by atoms with Gasteiger partial charge in [-0.3, -0.25) is 4.79 Å². The predicted molar refractivity (Wildman–Crippen MR) is 72.2 cm³/mol. The number of benzene rings is 1. The number of hydrogen-bond donors (Lipinski definition) is 0. The summed E-state index contributed by atoms with van der Waals surface area (Å²) >= 11 is 0. The number of fused-ring (bicyclic) bond motifs is 1. The van der Waals surface area contributed by atoms with Crippen LogP contribution < -0.4 is 10.2 Å². The van der Waals surface area contributed by atoms with Crippen molar-refractivity contribution in [3.05, 3.63) is 40.2 Å². The highest BCUT2D eigenvalue weighted by Gasteiger charge is 2.13. The van der Waals surface area contributed by atoms with Crippen LogP contribution in [0.3, 0.4) is 0 Å². The number of ether oxygens (including phenoxy) is 1. The van der Waals surface area contributed by atoms with Crippen LogP contribution in [-0.2, 0) is 6.42 Å². The van der Waals surface area contributed by atoms with E-state index in [4.69, 9.17) is 9.15 Å². The van der Waals surface area contributed by atoms with Crippen molar-refractivity contribution in [3.63, 3.8) is 0 Å². The summed E-state index contributed by atoms with van der Waals surface area (Å²) in [5, 5.41) is 0.607. The second-order valence-corrected chi connectivity index (χ2v) is 5.32. The van der Waals surface area contributed by atoms with Crippen LogP contribution in [0.25, 0.3) is 11.0 Å². The maximum atomic E-state index is 12.1. The van der Waals surface area contributed by atoms with E-state index in [1.54, 1.807) is 12.1 Å². The molecule has 0 unspecified atom stereocenters. The van der Waals surface area contributed by atoms with E-state index in [1.807, 2.05) is 33.8 Å². The van der Waals surface area contributed by atoms with E-state index in [-0.39, 0.29) is 11.0 Å². The smallest absolute Gasteiger partial charge is 0.195 e. The van der Waals surface area contributed by atoms with Gasteiger partial charge in [0.15, 0.2) is 5.43 Å². The van der Waals surface area contributed by atoms with E-state index in [0.717, 1.165) is 0 Å². The molecule has 0 atom stereocenters. The molecule has 96 valence electrons. The summed E-state index contributed by atoms with van der Waals surface area (Å²) in [6, 6.07) is 5.34. The molecule has 0 bridgehead atoms. The van der Waals surface area contributed by atoms with Crippen LogP contribution in [0.2, 0.25) is 0 Å². The van der Waals surface area contributed by atoms with E-state index in [2.05, 4.69) is 0 Å². The average Bonchev–Trinajstić information content (AvgIpc) is 2.27. The first-order valence-electron chi connectivity index (χ1n) is 6.14. The van der Waals surface area contributed by atoms with E-state index in [9.17, 15) is 4.79 Å². The average molecular weight is 246 g/mol. The second kappa shape index (κ2) is 4.48. The fourth-order valence-corrected chi connectivity index (χ4v) is 1.81. The largest absolute Gasteiger partial charge is 0.488 e. The van der Waals surface area contributed by atoms with Crippen LogP contribution >= 0.6 is 0 Å². The van der Waals surface area contributed by atoms with Gasteiger partial charge in [0.25, 0.3) is 0 Å². The normalized spacial score (nSPS) is 11.8. The van der Waals surface area contributed by atoms with Gasteiger partial charge >= 0.3 is 0 Å². The molecule has 0 saturated heterocycles. The maximum absolute atomic E-state index is 12.1. The number of rotatable bonds is 2. The van der Waals surface area contributed by atoms with Gasteiger partial charge in [0.2, 0.25) is 0 Å². The zero-order valence-corrected chi connectivity index (χ0v) is 11.2. The molecule has 1 aromatic carbocycles. The SMILES string of the molecule is CCc1coc2cc(OC(C)(C)C)ccc2c1=O. The minimum atomic E-state index is -0.267. The molecule has 0 spiro atoms. The van der Waals surface area contributed by atoms with Gasteiger partial charge in [-0.2, -0.15) is 0 Å². The van der Waals surface area contributed by atoms with Crippen molar-refractivity contribution >= 4 is 11.0 Å². The van der Waals surface area contributed by atoms with Crippen LogP contribution in [0, 0.1) is 0 Å². The molecule has 0 aliphatic rings. The summed E-state index contributed by atoms with van der Waals surface area (Å²) < 4.78 is 11.2. The molecule has 2 rings (SSSR count). The summed E-state index contributed by atoms with van der Waals surface area (Å²) in [7, 11) is 0. The third-order valence-electron chi connectivity index (χ3n) is 2.62. The highest BCUT2D eigenvalue weighted by Crippen LogP contribution is 2.22. The second-order valence-electron chi connectivity index (χ2n) is 5.32. The zero-order valence-electron chi connectivity index (χ0n) is 11.2. The summed E-state index contributed by atoms with van der Waals surface area (Å²) in [6.07, 6.45) is 2.21. The first kappa shape index (κ1) is 12.7. The topological polar surface area (TPSA) is 39.4 Å². The van der Waals surface area contributed by atoms with Gasteiger partial charge in [-0.05, 0) is 39.3 Å². The molecule has 18 heavy (non-hydrogen) atoms. The fraction of sp³-hybridized carbons (Fsp3) is 0.400. The summed E-state index contributed by atoms with van der Waals surface area (Å²) in [5.74, 6) is 0.711. The molecule has 2 aromatic rings. The van der Waals surface area contributed by atoms with Crippen molar-refractivity contribution < 1.29 is 9.15 Å². The van der Waals surface area contributed by atoms with Crippen molar-refractivity contribution in [2.24, 2.45) is 0 Å². The Hall–Kier alpha value is -1.77. The van der Waals surface area contributed by atoms with E-state index in [0.29, 0.717) is 28.7 Å². The van der Waals surface area contributed by atoms with Crippen molar-refractivity contribution in [2.75, 3.05) is 0 Å². The van der Waals surface area contributed by atoms with Gasteiger partial charge in [0.05, 0.1) is 11.6 Å². The molecular weight excluding hydrogens is 228 g/mol. The van der Waals surface area contributed by atoms with Gasteiger partial charge in [0.1, 0.15) is 16.9 Å². The standard InChI is InChI=1S/C15H18O3/c1-5-10-9-17-13-8-11(18-15(2,3)4)6-7-12(13)14(10)16/h6-9H,5H2,1-4H3. The summed E-state index contributed by atoms with van der Waals surface area (Å²) in [4.78, 5) is 12.1. The maximum Gasteiger partial charge on any atom is 0.195 e. The summed E-state index contributed by atoms with van der Waals surface area (Å²) in [6.45, 7) is 7.88. The molecule has 0 fully saturated rings. The van der Waals surface area contributed by atoms with E-state index < -0.39 is 0 Å². The van der Waals surface area contributed by atoms with Gasteiger partial charge in [-0.25, -0.2) is 0 Å². The third kappa shape index (κ3) is 2.55. The molecular formula is C15H18O3. The molecule has 3 heteroatoms. The van der Waals surface area contributed by atoms with Gasteiger partial charge in [-0.1, -0.05) is 6.92 Å². The van der Waals surface area contributed by atoms with Crippen LogP contribution in [0.5, 0.6) is 5.75 Å². The van der Waals surface area contributed by atoms with Gasteiger partial charge < -0.3 is 9.15 Å². The monoisotopic (exact) mass is 246 g/mol. The first-order valence-corrected chi connectivity index (χ1v) is 6.14. The minimum Gasteiger partial charge on any atom is -0.488 e. The number of aryl methyl sites for hydroxylation is 1. The molecule has 3 nitrogen and oxygen atoms in total. The molecule has 0 amide bonds.